The van der Waals surface area contributed by atoms with E-state index in [1.165, 1.54) is 11.1 Å². The van der Waals surface area contributed by atoms with Crippen LogP contribution in [0.5, 0.6) is 11.5 Å². The van der Waals surface area contributed by atoms with E-state index in [0.29, 0.717) is 11.5 Å². The Morgan fingerprint density at radius 1 is 0.594 bits per heavy atom. The minimum absolute atomic E-state index is 0. The van der Waals surface area contributed by atoms with Crippen LogP contribution in [0, 0.1) is 12.1 Å². The topological polar surface area (TPSA) is 58.8 Å². The van der Waals surface area contributed by atoms with Crippen molar-refractivity contribution >= 4 is 68.4 Å². The number of pyridine rings is 2. The van der Waals surface area contributed by atoms with Gasteiger partial charge >= 0.3 is 21.1 Å². The molecular formula is C55H45BN6OPt. The van der Waals surface area contributed by atoms with Gasteiger partial charge in [0.25, 0.3) is 6.85 Å². The fourth-order valence-corrected chi connectivity index (χ4v) is 9.15. The molecule has 6 aromatic carbocycles. The first-order chi connectivity index (χ1) is 30.5. The molecule has 5 heterocycles. The number of guanidine groups is 1. The van der Waals surface area contributed by atoms with Crippen LogP contribution < -0.4 is 25.5 Å². The number of hydrogen-bond acceptors (Lipinski definition) is 6. The largest absolute Gasteiger partial charge is 2.00 e. The first kappa shape index (κ1) is 41.3. The van der Waals surface area contributed by atoms with Gasteiger partial charge in [-0.15, -0.1) is 35.1 Å². The Hall–Kier alpha value is -6.76. The summed E-state index contributed by atoms with van der Waals surface area (Å²) in [4.78, 5) is 20.2. The molecule has 11 rings (SSSR count). The van der Waals surface area contributed by atoms with E-state index < -0.39 is 0 Å². The van der Waals surface area contributed by atoms with Crippen LogP contribution in [0.2, 0.25) is 0 Å². The summed E-state index contributed by atoms with van der Waals surface area (Å²) in [6.07, 6.45) is 3.81. The Kier molecular flexibility index (Phi) is 10.2. The number of anilines is 4. The van der Waals surface area contributed by atoms with Crippen molar-refractivity contribution in [1.82, 2.24) is 14.5 Å². The second-order valence-corrected chi connectivity index (χ2v) is 18.4. The molecule has 0 bridgehead atoms. The van der Waals surface area contributed by atoms with E-state index in [2.05, 4.69) is 202 Å². The molecule has 0 spiro atoms. The summed E-state index contributed by atoms with van der Waals surface area (Å²) in [5, 5.41) is 2.21. The molecule has 0 atom stereocenters. The van der Waals surface area contributed by atoms with E-state index in [1.807, 2.05) is 30.6 Å². The van der Waals surface area contributed by atoms with Crippen LogP contribution in [-0.2, 0) is 31.9 Å². The molecule has 2 aliphatic heterocycles. The standard InChI is InChI=1S/C55H45BN6O.Pt/c1-54(2,3)37-29-31-57-50(33-37)61-47-24-16-14-22-42(47)43-27-25-39(34-48(43)61)63-40-26-28-46-49(35-40)62-52-51(44(30-32-58-52)55(4,5)6)60(38-19-11-8-12-20-38)53(62)59-56(46)45-23-15-13-21-41(45)36-17-9-7-10-18-36;/h7-33H,1-6H3;/q-2;+2. The first-order valence-electron chi connectivity index (χ1n) is 21.6. The average Bonchev–Trinajstić information content (AvgIpc) is 3.81. The number of hydrogen-bond donors (Lipinski definition) is 0. The molecule has 0 unspecified atom stereocenters. The third kappa shape index (κ3) is 6.92. The molecule has 0 radical (unpaired) electrons. The van der Waals surface area contributed by atoms with Gasteiger partial charge in [-0.05, 0) is 74.9 Å². The number of ether oxygens (including phenoxy) is 1. The van der Waals surface area contributed by atoms with Gasteiger partial charge in [-0.25, -0.2) is 9.97 Å². The van der Waals surface area contributed by atoms with Crippen molar-refractivity contribution in [2.24, 2.45) is 4.90 Å². The number of aromatic nitrogens is 3. The predicted octanol–water partition coefficient (Wildman–Crippen LogP) is 12.0. The van der Waals surface area contributed by atoms with Crippen molar-refractivity contribution in [2.75, 3.05) is 9.80 Å². The van der Waals surface area contributed by atoms with Gasteiger partial charge in [-0.1, -0.05) is 149 Å². The first-order valence-corrected chi connectivity index (χ1v) is 21.6. The van der Waals surface area contributed by atoms with Crippen molar-refractivity contribution in [2.45, 2.75) is 52.4 Å². The van der Waals surface area contributed by atoms with Gasteiger partial charge in [0.2, 0.25) is 0 Å². The summed E-state index contributed by atoms with van der Waals surface area (Å²) >= 11 is 0. The zero-order valence-corrected chi connectivity index (χ0v) is 38.8. The third-order valence-electron chi connectivity index (χ3n) is 12.2. The van der Waals surface area contributed by atoms with Gasteiger partial charge in [0.15, 0.2) is 11.8 Å². The Balaban J connectivity index is 0.00000484. The van der Waals surface area contributed by atoms with Crippen LogP contribution in [0.1, 0.15) is 52.7 Å². The van der Waals surface area contributed by atoms with Gasteiger partial charge in [0, 0.05) is 35.1 Å². The molecule has 0 N–H and O–H groups in total. The van der Waals surface area contributed by atoms with Gasteiger partial charge in [0.05, 0.1) is 5.69 Å². The maximum Gasteiger partial charge on any atom is 2.00 e. The maximum atomic E-state index is 6.83. The third-order valence-corrected chi connectivity index (χ3v) is 12.2. The second-order valence-electron chi connectivity index (χ2n) is 18.4. The van der Waals surface area contributed by atoms with Crippen LogP contribution in [0.15, 0.2) is 169 Å². The molecule has 0 saturated heterocycles. The van der Waals surface area contributed by atoms with Crippen molar-refractivity contribution < 1.29 is 25.8 Å². The summed E-state index contributed by atoms with van der Waals surface area (Å²) in [5.74, 6) is 3.54. The maximum absolute atomic E-state index is 6.83. The van der Waals surface area contributed by atoms with Crippen molar-refractivity contribution in [1.29, 1.82) is 0 Å². The number of fused-ring (bicyclic) bond motifs is 8. The Morgan fingerprint density at radius 2 is 1.28 bits per heavy atom. The van der Waals surface area contributed by atoms with E-state index in [1.54, 1.807) is 0 Å². The van der Waals surface area contributed by atoms with Crippen LogP contribution in [0.25, 0.3) is 38.8 Å². The summed E-state index contributed by atoms with van der Waals surface area (Å²) < 4.78 is 9.03. The van der Waals surface area contributed by atoms with Gasteiger partial charge in [-0.3, -0.25) is 9.80 Å². The molecular weight excluding hydrogens is 967 g/mol. The van der Waals surface area contributed by atoms with Crippen molar-refractivity contribution in [3.63, 3.8) is 0 Å². The van der Waals surface area contributed by atoms with E-state index >= 15 is 0 Å². The quantitative estimate of drug-likeness (QED) is 0.123. The van der Waals surface area contributed by atoms with Crippen LogP contribution in [0.4, 0.5) is 22.9 Å². The molecule has 2 aliphatic rings. The van der Waals surface area contributed by atoms with E-state index in [0.717, 1.165) is 78.5 Å². The van der Waals surface area contributed by atoms with Crippen LogP contribution >= 0.6 is 0 Å². The molecule has 314 valence electrons. The van der Waals surface area contributed by atoms with Crippen LogP contribution in [-0.4, -0.2) is 27.3 Å². The zero-order chi connectivity index (χ0) is 43.0. The molecule has 7 nitrogen and oxygen atoms in total. The van der Waals surface area contributed by atoms with Crippen molar-refractivity contribution in [3.8, 4) is 28.4 Å². The van der Waals surface area contributed by atoms with Gasteiger partial charge in [-0.2, -0.15) is 12.1 Å². The van der Waals surface area contributed by atoms with Crippen molar-refractivity contribution in [3.05, 3.63) is 187 Å². The second kappa shape index (κ2) is 15.8. The molecule has 0 fully saturated rings. The van der Waals surface area contributed by atoms with E-state index in [-0.39, 0.29) is 38.7 Å². The normalized spacial score (nSPS) is 13.3. The minimum Gasteiger partial charge on any atom is -0.509 e. The molecule has 0 saturated carbocycles. The summed E-state index contributed by atoms with van der Waals surface area (Å²) in [7, 11) is 0. The summed E-state index contributed by atoms with van der Waals surface area (Å²) in [5.41, 5.74) is 11.3. The fraction of sp³-hybridized carbons (Fsp3) is 0.145. The molecule has 9 heteroatoms. The van der Waals surface area contributed by atoms with E-state index in [9.17, 15) is 0 Å². The monoisotopic (exact) mass is 1010 g/mol. The number of nitrogens with zero attached hydrogens (tertiary/aromatic N) is 6. The van der Waals surface area contributed by atoms with Crippen LogP contribution in [0.3, 0.4) is 0 Å². The Labute approximate surface area is 389 Å². The molecule has 64 heavy (non-hydrogen) atoms. The van der Waals surface area contributed by atoms with Gasteiger partial charge < -0.3 is 14.2 Å². The molecule has 9 aromatic rings. The minimum atomic E-state index is -0.360. The number of benzene rings is 6. The van der Waals surface area contributed by atoms with Gasteiger partial charge in [0.1, 0.15) is 5.82 Å². The average molecular weight is 1010 g/mol. The smallest absolute Gasteiger partial charge is 0.509 e. The number of para-hydroxylation sites is 2. The Morgan fingerprint density at radius 3 is 2.06 bits per heavy atom. The molecule has 0 aliphatic carbocycles. The Bertz CT molecular complexity index is 3260. The predicted molar refractivity (Wildman–Crippen MR) is 259 cm³/mol. The van der Waals surface area contributed by atoms with E-state index in [4.69, 9.17) is 19.6 Å². The number of rotatable bonds is 6. The molecule has 3 aromatic heterocycles. The SMILES string of the molecule is CC(C)(C)c1ccnc(-n2c3[c-]c(Oc4[c-]c5c(cc4)B(c4ccccc4-c4ccccc4)N=C4N5c5nccc(C(C)(C)C)c5N4c4ccccc4)ccc3c3ccccc32)c1.[Pt+2]. The summed E-state index contributed by atoms with van der Waals surface area (Å²) in [6.45, 7) is 13.1. The summed E-state index contributed by atoms with van der Waals surface area (Å²) in [6, 6.07) is 60.2. The fourth-order valence-electron chi connectivity index (χ4n) is 9.15. The molecule has 0 amide bonds. The zero-order valence-electron chi connectivity index (χ0n) is 36.6.